The molecule has 2 rings (SSSR count). The van der Waals surface area contributed by atoms with E-state index in [9.17, 15) is 0 Å². The van der Waals surface area contributed by atoms with E-state index in [-0.39, 0.29) is 0 Å². The van der Waals surface area contributed by atoms with E-state index in [1.54, 1.807) is 7.11 Å². The molecule has 1 nitrogen and oxygen atoms in total. The average Bonchev–Trinajstić information content (AvgIpc) is 2.64. The van der Waals surface area contributed by atoms with Crippen molar-refractivity contribution in [2.75, 3.05) is 7.11 Å². The predicted molar refractivity (Wildman–Crippen MR) is 102 cm³/mol. The zero-order valence-corrected chi connectivity index (χ0v) is 14.3. The van der Waals surface area contributed by atoms with Crippen LogP contribution in [-0.4, -0.2) is 7.11 Å². The van der Waals surface area contributed by atoms with Gasteiger partial charge in [-0.25, -0.2) is 0 Å². The molecule has 0 aromatic heterocycles. The lowest BCUT2D eigenvalue weighted by Gasteiger charge is -2.06. The van der Waals surface area contributed by atoms with Gasteiger partial charge in [0, 0.05) is 5.56 Å². The summed E-state index contributed by atoms with van der Waals surface area (Å²) in [6.45, 7) is 7.52. The van der Waals surface area contributed by atoms with E-state index >= 15 is 0 Å². The Kier molecular flexibility index (Phi) is 6.92. The standard InChI is InChI=1S/C23H24O/c1-4-6-8-19-10-12-20(13-11-19)14-16-22-17-15-21(9-7-5-2)18-23(22)24-3/h4-5,10-13,15,17-18H,1-2,6-9H2,3H3. The van der Waals surface area contributed by atoms with Crippen LogP contribution in [0.25, 0.3) is 0 Å². The quantitative estimate of drug-likeness (QED) is 0.495. The van der Waals surface area contributed by atoms with Crippen LogP contribution in [0.15, 0.2) is 67.8 Å². The fourth-order valence-electron chi connectivity index (χ4n) is 2.43. The molecule has 0 aliphatic rings. The van der Waals surface area contributed by atoms with Gasteiger partial charge in [-0.3, -0.25) is 0 Å². The zero-order valence-electron chi connectivity index (χ0n) is 14.3. The lowest BCUT2D eigenvalue weighted by molar-refractivity contribution is 0.413. The van der Waals surface area contributed by atoms with E-state index in [1.807, 2.05) is 18.2 Å². The molecule has 24 heavy (non-hydrogen) atoms. The van der Waals surface area contributed by atoms with Crippen molar-refractivity contribution < 1.29 is 4.74 Å². The number of allylic oxidation sites excluding steroid dienone is 2. The molecule has 0 bridgehead atoms. The van der Waals surface area contributed by atoms with E-state index in [0.717, 1.165) is 42.6 Å². The molecule has 1 heteroatoms. The highest BCUT2D eigenvalue weighted by atomic mass is 16.5. The minimum absolute atomic E-state index is 0.826. The summed E-state index contributed by atoms with van der Waals surface area (Å²) in [5.74, 6) is 7.26. The highest BCUT2D eigenvalue weighted by Crippen LogP contribution is 2.20. The van der Waals surface area contributed by atoms with Gasteiger partial charge in [-0.05, 0) is 61.1 Å². The number of benzene rings is 2. The molecule has 0 saturated carbocycles. The summed E-state index contributed by atoms with van der Waals surface area (Å²) in [6.07, 6.45) is 7.83. The SMILES string of the molecule is C=CCCc1ccc(C#Cc2ccc(CCC=C)cc2OC)cc1. The highest BCUT2D eigenvalue weighted by Gasteiger charge is 2.02. The van der Waals surface area contributed by atoms with Gasteiger partial charge in [-0.15, -0.1) is 13.2 Å². The Morgan fingerprint density at radius 1 is 0.875 bits per heavy atom. The Balaban J connectivity index is 2.14. The number of hydrogen-bond acceptors (Lipinski definition) is 1. The normalized spacial score (nSPS) is 9.71. The number of ether oxygens (including phenoxy) is 1. The number of aryl methyl sites for hydroxylation is 2. The van der Waals surface area contributed by atoms with Gasteiger partial charge >= 0.3 is 0 Å². The molecule has 122 valence electrons. The molecule has 0 fully saturated rings. The summed E-state index contributed by atoms with van der Waals surface area (Å²) < 4.78 is 5.48. The smallest absolute Gasteiger partial charge is 0.134 e. The summed E-state index contributed by atoms with van der Waals surface area (Å²) in [5.41, 5.74) is 4.47. The molecule has 0 radical (unpaired) electrons. The summed E-state index contributed by atoms with van der Waals surface area (Å²) in [6, 6.07) is 14.6. The minimum Gasteiger partial charge on any atom is -0.495 e. The topological polar surface area (TPSA) is 9.23 Å². The highest BCUT2D eigenvalue weighted by molar-refractivity contribution is 5.51. The molecule has 0 N–H and O–H groups in total. The Morgan fingerprint density at radius 3 is 2.12 bits per heavy atom. The number of methoxy groups -OCH3 is 1. The number of hydrogen-bond donors (Lipinski definition) is 0. The van der Waals surface area contributed by atoms with Crippen LogP contribution in [0.4, 0.5) is 0 Å². The largest absolute Gasteiger partial charge is 0.495 e. The Morgan fingerprint density at radius 2 is 1.50 bits per heavy atom. The first-order valence-electron chi connectivity index (χ1n) is 8.26. The monoisotopic (exact) mass is 316 g/mol. The van der Waals surface area contributed by atoms with Crippen molar-refractivity contribution in [1.82, 2.24) is 0 Å². The molecule has 0 saturated heterocycles. The van der Waals surface area contributed by atoms with Crippen LogP contribution in [0.1, 0.15) is 35.1 Å². The molecule has 2 aromatic carbocycles. The van der Waals surface area contributed by atoms with Crippen molar-refractivity contribution in [2.45, 2.75) is 25.7 Å². The molecular formula is C23H24O. The molecule has 0 amide bonds. The minimum atomic E-state index is 0.826. The lowest BCUT2D eigenvalue weighted by atomic mass is 10.1. The molecule has 0 atom stereocenters. The van der Waals surface area contributed by atoms with Crippen LogP contribution >= 0.6 is 0 Å². The second kappa shape index (κ2) is 9.43. The van der Waals surface area contributed by atoms with E-state index in [1.165, 1.54) is 11.1 Å². The number of rotatable bonds is 7. The maximum absolute atomic E-state index is 5.48. The van der Waals surface area contributed by atoms with E-state index in [0.29, 0.717) is 0 Å². The first-order chi connectivity index (χ1) is 11.8. The van der Waals surface area contributed by atoms with Crippen LogP contribution in [0.3, 0.4) is 0 Å². The van der Waals surface area contributed by atoms with Crippen molar-refractivity contribution >= 4 is 0 Å². The second-order valence-electron chi connectivity index (χ2n) is 5.64. The maximum Gasteiger partial charge on any atom is 0.134 e. The van der Waals surface area contributed by atoms with Crippen LogP contribution in [0, 0.1) is 11.8 Å². The van der Waals surface area contributed by atoms with E-state index in [4.69, 9.17) is 4.74 Å². The summed E-state index contributed by atoms with van der Waals surface area (Å²) in [4.78, 5) is 0. The van der Waals surface area contributed by atoms with Crippen molar-refractivity contribution in [3.05, 3.63) is 90.0 Å². The maximum atomic E-state index is 5.48. The van der Waals surface area contributed by atoms with Crippen molar-refractivity contribution in [3.63, 3.8) is 0 Å². The summed E-state index contributed by atoms with van der Waals surface area (Å²) in [7, 11) is 1.69. The van der Waals surface area contributed by atoms with E-state index < -0.39 is 0 Å². The third-order valence-electron chi connectivity index (χ3n) is 3.84. The molecule has 0 aliphatic heterocycles. The first kappa shape index (κ1) is 17.6. The summed E-state index contributed by atoms with van der Waals surface area (Å²) >= 11 is 0. The van der Waals surface area contributed by atoms with Gasteiger partial charge in [-0.1, -0.05) is 42.2 Å². The van der Waals surface area contributed by atoms with Gasteiger partial charge < -0.3 is 4.74 Å². The predicted octanol–water partition coefficient (Wildman–Crippen LogP) is 5.33. The first-order valence-corrected chi connectivity index (χ1v) is 8.26. The van der Waals surface area contributed by atoms with Gasteiger partial charge in [0.05, 0.1) is 12.7 Å². The Bertz CT molecular complexity index is 742. The van der Waals surface area contributed by atoms with Crippen molar-refractivity contribution in [2.24, 2.45) is 0 Å². The van der Waals surface area contributed by atoms with E-state index in [2.05, 4.69) is 61.4 Å². The van der Waals surface area contributed by atoms with Gasteiger partial charge in [0.2, 0.25) is 0 Å². The average molecular weight is 316 g/mol. The van der Waals surface area contributed by atoms with Gasteiger partial charge in [0.15, 0.2) is 0 Å². The Hall–Kier alpha value is -2.72. The molecule has 0 aliphatic carbocycles. The molecule has 0 heterocycles. The van der Waals surface area contributed by atoms with Gasteiger partial charge in [0.25, 0.3) is 0 Å². The molecular weight excluding hydrogens is 292 g/mol. The van der Waals surface area contributed by atoms with Crippen molar-refractivity contribution in [1.29, 1.82) is 0 Å². The van der Waals surface area contributed by atoms with Crippen LogP contribution in [0.2, 0.25) is 0 Å². The fraction of sp³-hybridized carbons (Fsp3) is 0.217. The Labute approximate surface area is 145 Å². The third kappa shape index (κ3) is 5.18. The lowest BCUT2D eigenvalue weighted by Crippen LogP contribution is -1.91. The second-order valence-corrected chi connectivity index (χ2v) is 5.64. The zero-order chi connectivity index (χ0) is 17.2. The van der Waals surface area contributed by atoms with Crippen LogP contribution in [-0.2, 0) is 12.8 Å². The van der Waals surface area contributed by atoms with Gasteiger partial charge in [-0.2, -0.15) is 0 Å². The molecule has 0 unspecified atom stereocenters. The van der Waals surface area contributed by atoms with Crippen molar-refractivity contribution in [3.8, 4) is 17.6 Å². The molecule has 2 aromatic rings. The molecule has 0 spiro atoms. The van der Waals surface area contributed by atoms with Crippen LogP contribution < -0.4 is 4.74 Å². The fourth-order valence-corrected chi connectivity index (χ4v) is 2.43. The summed E-state index contributed by atoms with van der Waals surface area (Å²) in [5, 5.41) is 0. The third-order valence-corrected chi connectivity index (χ3v) is 3.84. The van der Waals surface area contributed by atoms with Gasteiger partial charge in [0.1, 0.15) is 5.75 Å². The van der Waals surface area contributed by atoms with Crippen LogP contribution in [0.5, 0.6) is 5.75 Å².